The first kappa shape index (κ1) is 14.8. The number of rotatable bonds is 5. The van der Waals surface area contributed by atoms with Crippen LogP contribution in [-0.2, 0) is 0 Å². The van der Waals surface area contributed by atoms with Crippen LogP contribution < -0.4 is 5.32 Å². The Bertz CT molecular complexity index is 271. The van der Waals surface area contributed by atoms with Crippen molar-refractivity contribution in [3.63, 3.8) is 0 Å². The van der Waals surface area contributed by atoms with Crippen molar-refractivity contribution < 1.29 is 0 Å². The maximum atomic E-state index is 3.81. The number of hydrogen-bond acceptors (Lipinski definition) is 2. The summed E-state index contributed by atoms with van der Waals surface area (Å²) in [5.41, 5.74) is 0. The van der Waals surface area contributed by atoms with Gasteiger partial charge in [-0.05, 0) is 70.5 Å². The maximum Gasteiger partial charge on any atom is 0.0123 e. The molecule has 20 heavy (non-hydrogen) atoms. The topological polar surface area (TPSA) is 15.3 Å². The van der Waals surface area contributed by atoms with E-state index in [9.17, 15) is 0 Å². The molecule has 116 valence electrons. The lowest BCUT2D eigenvalue weighted by molar-refractivity contribution is 0.0599. The highest BCUT2D eigenvalue weighted by molar-refractivity contribution is 4.87. The fourth-order valence-electron chi connectivity index (χ4n) is 4.90. The molecule has 1 saturated heterocycles. The number of likely N-dealkylation sites (tertiary alicyclic amines) is 1. The standard InChI is InChI=1S/C18H34N2/c1-2-10-17(11-3-1)19-13-7-15-20-14-6-9-16-8-4-5-12-18(16)20/h16-19H,1-15H2/t16-,18-/m1/s1. The zero-order valence-electron chi connectivity index (χ0n) is 13.3. The average molecular weight is 278 g/mol. The molecule has 0 bridgehead atoms. The highest BCUT2D eigenvalue weighted by Crippen LogP contribution is 2.35. The predicted octanol–water partition coefficient (Wildman–Crippen LogP) is 3.95. The van der Waals surface area contributed by atoms with Crippen LogP contribution in [0.5, 0.6) is 0 Å². The SMILES string of the molecule is C1CCC(NCCCN2CCC[C@H]3CCCC[C@H]32)CC1. The van der Waals surface area contributed by atoms with Crippen LogP contribution in [-0.4, -0.2) is 36.6 Å². The van der Waals surface area contributed by atoms with Gasteiger partial charge in [0.25, 0.3) is 0 Å². The summed E-state index contributed by atoms with van der Waals surface area (Å²) >= 11 is 0. The summed E-state index contributed by atoms with van der Waals surface area (Å²) < 4.78 is 0. The molecule has 3 aliphatic rings. The second kappa shape index (κ2) is 7.79. The highest BCUT2D eigenvalue weighted by atomic mass is 15.2. The van der Waals surface area contributed by atoms with Crippen molar-refractivity contribution in [3.05, 3.63) is 0 Å². The van der Waals surface area contributed by atoms with Gasteiger partial charge >= 0.3 is 0 Å². The van der Waals surface area contributed by atoms with Gasteiger partial charge in [-0.1, -0.05) is 32.1 Å². The fourth-order valence-corrected chi connectivity index (χ4v) is 4.90. The van der Waals surface area contributed by atoms with Crippen molar-refractivity contribution in [2.75, 3.05) is 19.6 Å². The minimum Gasteiger partial charge on any atom is -0.314 e. The molecule has 2 saturated carbocycles. The van der Waals surface area contributed by atoms with Crippen LogP contribution >= 0.6 is 0 Å². The lowest BCUT2D eigenvalue weighted by Crippen LogP contribution is -2.47. The molecule has 0 radical (unpaired) electrons. The van der Waals surface area contributed by atoms with Gasteiger partial charge in [0.15, 0.2) is 0 Å². The van der Waals surface area contributed by atoms with Gasteiger partial charge in [0.05, 0.1) is 0 Å². The molecule has 0 aromatic carbocycles. The quantitative estimate of drug-likeness (QED) is 0.766. The minimum absolute atomic E-state index is 0.840. The zero-order chi connectivity index (χ0) is 13.6. The molecule has 0 amide bonds. The zero-order valence-corrected chi connectivity index (χ0v) is 13.3. The number of nitrogens with zero attached hydrogens (tertiary/aromatic N) is 1. The Morgan fingerprint density at radius 2 is 1.55 bits per heavy atom. The largest absolute Gasteiger partial charge is 0.314 e. The second-order valence-corrected chi connectivity index (χ2v) is 7.43. The Morgan fingerprint density at radius 1 is 0.800 bits per heavy atom. The van der Waals surface area contributed by atoms with Gasteiger partial charge in [-0.15, -0.1) is 0 Å². The molecule has 0 aromatic heterocycles. The smallest absolute Gasteiger partial charge is 0.0123 e. The molecular weight excluding hydrogens is 244 g/mol. The molecule has 0 aromatic rings. The van der Waals surface area contributed by atoms with Gasteiger partial charge in [0, 0.05) is 12.1 Å². The first-order valence-electron chi connectivity index (χ1n) is 9.41. The monoisotopic (exact) mass is 278 g/mol. The Labute approximate surface area is 125 Å². The number of piperidine rings is 1. The van der Waals surface area contributed by atoms with Gasteiger partial charge in [-0.2, -0.15) is 0 Å². The number of hydrogen-bond donors (Lipinski definition) is 1. The van der Waals surface area contributed by atoms with Gasteiger partial charge in [0.2, 0.25) is 0 Å². The minimum atomic E-state index is 0.840. The summed E-state index contributed by atoms with van der Waals surface area (Å²) in [6, 6.07) is 1.79. The normalized spacial score (nSPS) is 33.0. The van der Waals surface area contributed by atoms with E-state index in [-0.39, 0.29) is 0 Å². The van der Waals surface area contributed by atoms with E-state index in [1.165, 1.54) is 96.7 Å². The third-order valence-corrected chi connectivity index (χ3v) is 6.02. The summed E-state index contributed by atoms with van der Waals surface area (Å²) in [5, 5.41) is 3.81. The van der Waals surface area contributed by atoms with Crippen molar-refractivity contribution in [3.8, 4) is 0 Å². The van der Waals surface area contributed by atoms with E-state index in [0.717, 1.165) is 18.0 Å². The van der Waals surface area contributed by atoms with Crippen molar-refractivity contribution >= 4 is 0 Å². The molecule has 3 rings (SSSR count). The fraction of sp³-hybridized carbons (Fsp3) is 1.00. The van der Waals surface area contributed by atoms with E-state index < -0.39 is 0 Å². The third-order valence-electron chi connectivity index (χ3n) is 6.02. The van der Waals surface area contributed by atoms with E-state index in [0.29, 0.717) is 0 Å². The molecular formula is C18H34N2. The Morgan fingerprint density at radius 3 is 2.45 bits per heavy atom. The van der Waals surface area contributed by atoms with Gasteiger partial charge in [0.1, 0.15) is 0 Å². The highest BCUT2D eigenvalue weighted by Gasteiger charge is 2.32. The Hall–Kier alpha value is -0.0800. The van der Waals surface area contributed by atoms with E-state index in [2.05, 4.69) is 10.2 Å². The van der Waals surface area contributed by atoms with Gasteiger partial charge in [-0.3, -0.25) is 0 Å². The summed E-state index contributed by atoms with van der Waals surface area (Å²) in [6.45, 7) is 3.98. The average Bonchev–Trinajstić information content (AvgIpc) is 2.53. The van der Waals surface area contributed by atoms with E-state index in [4.69, 9.17) is 0 Å². The Balaban J connectivity index is 1.34. The first-order valence-corrected chi connectivity index (χ1v) is 9.41. The number of fused-ring (bicyclic) bond motifs is 1. The molecule has 2 heteroatoms. The summed E-state index contributed by atoms with van der Waals surface area (Å²) in [5.74, 6) is 1.05. The van der Waals surface area contributed by atoms with Gasteiger partial charge < -0.3 is 10.2 Å². The van der Waals surface area contributed by atoms with Crippen molar-refractivity contribution in [2.45, 2.75) is 89.1 Å². The summed E-state index contributed by atoms with van der Waals surface area (Å²) in [7, 11) is 0. The van der Waals surface area contributed by atoms with Crippen LogP contribution in [0.2, 0.25) is 0 Å². The second-order valence-electron chi connectivity index (χ2n) is 7.43. The van der Waals surface area contributed by atoms with Crippen molar-refractivity contribution in [2.24, 2.45) is 5.92 Å². The van der Waals surface area contributed by atoms with Crippen LogP contribution in [0.15, 0.2) is 0 Å². The Kier molecular flexibility index (Phi) is 5.78. The van der Waals surface area contributed by atoms with E-state index in [1.807, 2.05) is 0 Å². The van der Waals surface area contributed by atoms with Crippen LogP contribution in [0.1, 0.15) is 77.0 Å². The van der Waals surface area contributed by atoms with Crippen molar-refractivity contribution in [1.29, 1.82) is 0 Å². The predicted molar refractivity (Wildman–Crippen MR) is 86.0 cm³/mol. The summed E-state index contributed by atoms with van der Waals surface area (Å²) in [6.07, 6.45) is 17.5. The van der Waals surface area contributed by atoms with E-state index >= 15 is 0 Å². The lowest BCUT2D eigenvalue weighted by Gasteiger charge is -2.44. The van der Waals surface area contributed by atoms with Crippen molar-refractivity contribution in [1.82, 2.24) is 10.2 Å². The van der Waals surface area contributed by atoms with E-state index in [1.54, 1.807) is 0 Å². The molecule has 0 spiro atoms. The molecule has 0 unspecified atom stereocenters. The van der Waals surface area contributed by atoms with Crippen LogP contribution in [0.3, 0.4) is 0 Å². The molecule has 1 aliphatic heterocycles. The molecule has 2 nitrogen and oxygen atoms in total. The molecule has 1 N–H and O–H groups in total. The molecule has 1 heterocycles. The van der Waals surface area contributed by atoms with Crippen LogP contribution in [0.25, 0.3) is 0 Å². The maximum absolute atomic E-state index is 3.81. The summed E-state index contributed by atoms with van der Waals surface area (Å²) in [4.78, 5) is 2.84. The molecule has 2 atom stereocenters. The molecule has 3 fully saturated rings. The van der Waals surface area contributed by atoms with Crippen LogP contribution in [0.4, 0.5) is 0 Å². The van der Waals surface area contributed by atoms with Crippen LogP contribution in [0, 0.1) is 5.92 Å². The third kappa shape index (κ3) is 3.98. The lowest BCUT2D eigenvalue weighted by atomic mass is 9.78. The first-order chi connectivity index (χ1) is 9.93. The molecule has 2 aliphatic carbocycles. The number of nitrogens with one attached hydrogen (secondary N) is 1. The van der Waals surface area contributed by atoms with Gasteiger partial charge in [-0.25, -0.2) is 0 Å².